The Balaban J connectivity index is 1.45. The predicted octanol–water partition coefficient (Wildman–Crippen LogP) is 3.29. The second-order valence-corrected chi connectivity index (χ2v) is 7.07. The summed E-state index contributed by atoms with van der Waals surface area (Å²) in [6.07, 6.45) is 0. The third-order valence-electron chi connectivity index (χ3n) is 4.69. The Bertz CT molecular complexity index is 1010. The highest BCUT2D eigenvalue weighted by Gasteiger charge is 2.07. The zero-order chi connectivity index (χ0) is 21.3. The van der Waals surface area contributed by atoms with Crippen LogP contribution >= 0.6 is 0 Å². The van der Waals surface area contributed by atoms with E-state index in [4.69, 9.17) is 4.74 Å². The minimum Gasteiger partial charge on any atom is -0.491 e. The van der Waals surface area contributed by atoms with Gasteiger partial charge in [-0.2, -0.15) is 0 Å². The second kappa shape index (κ2) is 10.3. The molecule has 0 heterocycles. The Morgan fingerprint density at radius 3 is 2.43 bits per heavy atom. The van der Waals surface area contributed by atoms with E-state index in [1.807, 2.05) is 48.5 Å². The van der Waals surface area contributed by atoms with E-state index in [0.29, 0.717) is 31.2 Å². The fourth-order valence-corrected chi connectivity index (χ4v) is 3.08. The number of ether oxygens (including phenoxy) is 1. The highest BCUT2D eigenvalue weighted by atomic mass is 16.5. The molecule has 0 fully saturated rings. The van der Waals surface area contributed by atoms with Crippen molar-refractivity contribution < 1.29 is 9.53 Å². The maximum Gasteiger partial charge on any atom is 0.253 e. The Hall–Kier alpha value is -3.54. The first-order valence-corrected chi connectivity index (χ1v) is 9.94. The maximum atomic E-state index is 12.0. The molecule has 0 aliphatic carbocycles. The van der Waals surface area contributed by atoms with Gasteiger partial charge in [-0.15, -0.1) is 0 Å². The summed E-state index contributed by atoms with van der Waals surface area (Å²) in [6.45, 7) is 1.76. The fourth-order valence-electron chi connectivity index (χ4n) is 3.08. The summed E-state index contributed by atoms with van der Waals surface area (Å²) in [5, 5.41) is 8.80. The second-order valence-electron chi connectivity index (χ2n) is 7.07. The normalized spacial score (nSPS) is 11.2. The van der Waals surface area contributed by atoms with Crippen molar-refractivity contribution in [2.45, 2.75) is 6.54 Å². The summed E-state index contributed by atoms with van der Waals surface area (Å²) < 4.78 is 5.95. The molecule has 0 atom stereocenters. The molecule has 0 saturated carbocycles. The lowest BCUT2D eigenvalue weighted by Gasteiger charge is -2.14. The summed E-state index contributed by atoms with van der Waals surface area (Å²) >= 11 is 0. The Morgan fingerprint density at radius 1 is 0.967 bits per heavy atom. The fraction of sp³-hybridized carbons (Fsp3) is 0.250. The molecular weight excluding hydrogens is 376 g/mol. The maximum absolute atomic E-state index is 12.0. The van der Waals surface area contributed by atoms with Gasteiger partial charge in [0.15, 0.2) is 5.96 Å². The minimum atomic E-state index is -0.00168. The van der Waals surface area contributed by atoms with Gasteiger partial charge < -0.3 is 20.3 Å². The van der Waals surface area contributed by atoms with Crippen LogP contribution in [-0.4, -0.2) is 51.1 Å². The molecular formula is C24H28N4O2. The van der Waals surface area contributed by atoms with Gasteiger partial charge in [0.25, 0.3) is 5.91 Å². The molecule has 6 heteroatoms. The van der Waals surface area contributed by atoms with Gasteiger partial charge in [-0.3, -0.25) is 9.79 Å². The van der Waals surface area contributed by atoms with Crippen LogP contribution in [0, 0.1) is 0 Å². The van der Waals surface area contributed by atoms with E-state index < -0.39 is 0 Å². The number of benzene rings is 3. The summed E-state index contributed by atoms with van der Waals surface area (Å²) in [5.74, 6) is 1.58. The summed E-state index contributed by atoms with van der Waals surface area (Å²) in [7, 11) is 5.23. The third-order valence-corrected chi connectivity index (χ3v) is 4.69. The lowest BCUT2D eigenvalue weighted by molar-refractivity contribution is 0.0827. The molecule has 0 saturated heterocycles. The number of hydrogen-bond acceptors (Lipinski definition) is 3. The quantitative estimate of drug-likeness (QED) is 0.360. The van der Waals surface area contributed by atoms with Crippen molar-refractivity contribution in [2.24, 2.45) is 4.99 Å². The van der Waals surface area contributed by atoms with E-state index in [1.54, 1.807) is 26.0 Å². The summed E-state index contributed by atoms with van der Waals surface area (Å²) in [5.41, 5.74) is 1.75. The van der Waals surface area contributed by atoms with Crippen LogP contribution in [0.3, 0.4) is 0 Å². The van der Waals surface area contributed by atoms with Crippen molar-refractivity contribution in [1.29, 1.82) is 0 Å². The molecule has 3 aromatic carbocycles. The van der Waals surface area contributed by atoms with E-state index in [1.165, 1.54) is 5.39 Å². The summed E-state index contributed by atoms with van der Waals surface area (Å²) in [6, 6.07) is 21.8. The molecule has 0 bridgehead atoms. The molecule has 0 aliphatic rings. The molecule has 0 unspecified atom stereocenters. The molecule has 0 radical (unpaired) electrons. The number of amides is 1. The van der Waals surface area contributed by atoms with Crippen molar-refractivity contribution in [3.8, 4) is 5.75 Å². The first-order chi connectivity index (χ1) is 14.6. The van der Waals surface area contributed by atoms with Crippen LogP contribution in [-0.2, 0) is 6.54 Å². The van der Waals surface area contributed by atoms with E-state index in [-0.39, 0.29) is 5.91 Å². The molecule has 3 aromatic rings. The SMILES string of the molecule is CN=C(NCCOc1cccc2ccccc12)NCc1ccc(C(=O)N(C)C)cc1. The highest BCUT2D eigenvalue weighted by molar-refractivity contribution is 5.93. The molecule has 2 N–H and O–H groups in total. The molecule has 3 rings (SSSR count). The molecule has 0 spiro atoms. The smallest absolute Gasteiger partial charge is 0.253 e. The standard InChI is InChI=1S/C24H28N4O2/c1-25-24(27-17-18-11-13-20(14-12-18)23(29)28(2)3)26-15-16-30-22-10-6-8-19-7-4-5-9-21(19)22/h4-14H,15-17H2,1-3H3,(H2,25,26,27). The summed E-state index contributed by atoms with van der Waals surface area (Å²) in [4.78, 5) is 17.8. The number of nitrogens with zero attached hydrogens (tertiary/aromatic N) is 2. The van der Waals surface area contributed by atoms with Crippen molar-refractivity contribution >= 4 is 22.6 Å². The van der Waals surface area contributed by atoms with E-state index in [2.05, 4.69) is 33.8 Å². The van der Waals surface area contributed by atoms with Gasteiger partial charge in [0.05, 0.1) is 6.54 Å². The van der Waals surface area contributed by atoms with Crippen LogP contribution in [0.4, 0.5) is 0 Å². The van der Waals surface area contributed by atoms with Crippen LogP contribution in [0.2, 0.25) is 0 Å². The van der Waals surface area contributed by atoms with Gasteiger partial charge in [-0.05, 0) is 29.1 Å². The Labute approximate surface area is 177 Å². The molecule has 0 aromatic heterocycles. The van der Waals surface area contributed by atoms with Gasteiger partial charge in [-0.1, -0.05) is 48.5 Å². The largest absolute Gasteiger partial charge is 0.491 e. The average molecular weight is 405 g/mol. The van der Waals surface area contributed by atoms with E-state index in [9.17, 15) is 4.79 Å². The number of guanidine groups is 1. The van der Waals surface area contributed by atoms with Crippen LogP contribution in [0.5, 0.6) is 5.75 Å². The number of fused-ring (bicyclic) bond motifs is 1. The van der Waals surface area contributed by atoms with Crippen LogP contribution in [0.25, 0.3) is 10.8 Å². The number of nitrogens with one attached hydrogen (secondary N) is 2. The van der Waals surface area contributed by atoms with Crippen molar-refractivity contribution in [2.75, 3.05) is 34.3 Å². The Kier molecular flexibility index (Phi) is 7.27. The number of carbonyl (C=O) groups is 1. The van der Waals surface area contributed by atoms with Gasteiger partial charge in [0, 0.05) is 38.6 Å². The highest BCUT2D eigenvalue weighted by Crippen LogP contribution is 2.24. The van der Waals surface area contributed by atoms with Crippen LogP contribution in [0.15, 0.2) is 71.7 Å². The lowest BCUT2D eigenvalue weighted by Crippen LogP contribution is -2.38. The van der Waals surface area contributed by atoms with Gasteiger partial charge in [0.2, 0.25) is 0 Å². The number of hydrogen-bond donors (Lipinski definition) is 2. The number of rotatable bonds is 7. The zero-order valence-electron chi connectivity index (χ0n) is 17.7. The van der Waals surface area contributed by atoms with Crippen LogP contribution in [0.1, 0.15) is 15.9 Å². The minimum absolute atomic E-state index is 0.00168. The zero-order valence-corrected chi connectivity index (χ0v) is 17.7. The average Bonchev–Trinajstić information content (AvgIpc) is 2.78. The van der Waals surface area contributed by atoms with Gasteiger partial charge in [-0.25, -0.2) is 0 Å². The molecule has 0 aliphatic heterocycles. The molecule has 30 heavy (non-hydrogen) atoms. The molecule has 156 valence electrons. The predicted molar refractivity (Wildman–Crippen MR) is 122 cm³/mol. The third kappa shape index (κ3) is 5.50. The van der Waals surface area contributed by atoms with Crippen molar-refractivity contribution in [1.82, 2.24) is 15.5 Å². The van der Waals surface area contributed by atoms with Gasteiger partial charge >= 0.3 is 0 Å². The first-order valence-electron chi connectivity index (χ1n) is 9.94. The first kappa shape index (κ1) is 21.2. The van der Waals surface area contributed by atoms with E-state index in [0.717, 1.165) is 16.7 Å². The monoisotopic (exact) mass is 404 g/mol. The Morgan fingerprint density at radius 2 is 1.70 bits per heavy atom. The van der Waals surface area contributed by atoms with Gasteiger partial charge in [0.1, 0.15) is 12.4 Å². The molecule has 1 amide bonds. The van der Waals surface area contributed by atoms with Crippen molar-refractivity contribution in [3.63, 3.8) is 0 Å². The van der Waals surface area contributed by atoms with E-state index >= 15 is 0 Å². The number of carbonyl (C=O) groups excluding carboxylic acids is 1. The lowest BCUT2D eigenvalue weighted by atomic mass is 10.1. The topological polar surface area (TPSA) is 66.0 Å². The van der Waals surface area contributed by atoms with Crippen LogP contribution < -0.4 is 15.4 Å². The number of aliphatic imine (C=N–C) groups is 1. The molecule has 6 nitrogen and oxygen atoms in total. The van der Waals surface area contributed by atoms with Crippen molar-refractivity contribution in [3.05, 3.63) is 77.9 Å².